The lowest BCUT2D eigenvalue weighted by atomic mass is 9.72. The Labute approximate surface area is 126 Å². The van der Waals surface area contributed by atoms with E-state index >= 15 is 0 Å². The van der Waals surface area contributed by atoms with E-state index in [9.17, 15) is 24.3 Å². The zero-order valence-corrected chi connectivity index (χ0v) is 11.8. The van der Waals surface area contributed by atoms with Crippen LogP contribution in [0, 0.1) is 17.3 Å². The lowest BCUT2D eigenvalue weighted by molar-refractivity contribution is -0.134. The van der Waals surface area contributed by atoms with Crippen molar-refractivity contribution in [1.29, 1.82) is 0 Å². The predicted octanol–water partition coefficient (Wildman–Crippen LogP) is 1.39. The maximum absolute atomic E-state index is 12.7. The monoisotopic (exact) mass is 298 g/mol. The number of rotatable bonds is 0. The van der Waals surface area contributed by atoms with Crippen LogP contribution in [-0.2, 0) is 19.2 Å². The van der Waals surface area contributed by atoms with Crippen LogP contribution < -0.4 is 0 Å². The van der Waals surface area contributed by atoms with Crippen molar-refractivity contribution in [3.8, 4) is 0 Å². The number of carbonyl (C=O) groups excluding carboxylic acids is 4. The molecule has 1 spiro atoms. The molecule has 0 saturated heterocycles. The summed E-state index contributed by atoms with van der Waals surface area (Å²) in [5.41, 5.74) is -1.65. The minimum atomic E-state index is -1.19. The summed E-state index contributed by atoms with van der Waals surface area (Å²) in [5, 5.41) is 9.94. The molecule has 1 fully saturated rings. The van der Waals surface area contributed by atoms with E-state index in [0.717, 1.165) is 12.8 Å². The fraction of sp³-hybridized carbons (Fsp3) is 0.412. The Kier molecular flexibility index (Phi) is 2.50. The summed E-state index contributed by atoms with van der Waals surface area (Å²) in [7, 11) is 0. The maximum Gasteiger partial charge on any atom is 0.181 e. The molecule has 1 saturated carbocycles. The zero-order valence-electron chi connectivity index (χ0n) is 11.8. The second-order valence-electron chi connectivity index (χ2n) is 6.41. The number of hydrogen-bond acceptors (Lipinski definition) is 5. The molecule has 0 aromatic rings. The van der Waals surface area contributed by atoms with Crippen molar-refractivity contribution in [2.45, 2.75) is 25.7 Å². The van der Waals surface area contributed by atoms with Crippen LogP contribution in [0.15, 0.2) is 35.1 Å². The van der Waals surface area contributed by atoms with E-state index in [-0.39, 0.29) is 16.9 Å². The van der Waals surface area contributed by atoms with Gasteiger partial charge < -0.3 is 5.11 Å². The second-order valence-corrected chi connectivity index (χ2v) is 6.41. The van der Waals surface area contributed by atoms with Gasteiger partial charge in [0.25, 0.3) is 0 Å². The van der Waals surface area contributed by atoms with E-state index in [0.29, 0.717) is 12.8 Å². The van der Waals surface area contributed by atoms with Crippen LogP contribution in [0.4, 0.5) is 0 Å². The molecule has 0 aromatic carbocycles. The number of ketones is 4. The minimum Gasteiger partial charge on any atom is -0.512 e. The van der Waals surface area contributed by atoms with Gasteiger partial charge in [-0.25, -0.2) is 0 Å². The molecule has 4 rings (SSSR count). The van der Waals surface area contributed by atoms with Crippen LogP contribution in [0.5, 0.6) is 0 Å². The fourth-order valence-electron chi connectivity index (χ4n) is 4.24. The van der Waals surface area contributed by atoms with Gasteiger partial charge in [0.05, 0.1) is 28.4 Å². The van der Waals surface area contributed by atoms with Gasteiger partial charge in [-0.05, 0) is 18.9 Å². The van der Waals surface area contributed by atoms with Gasteiger partial charge in [-0.3, -0.25) is 19.2 Å². The van der Waals surface area contributed by atoms with Crippen molar-refractivity contribution >= 4 is 23.1 Å². The van der Waals surface area contributed by atoms with Gasteiger partial charge in [0.2, 0.25) is 0 Å². The average Bonchev–Trinajstić information content (AvgIpc) is 3.06. The molecule has 5 nitrogen and oxygen atoms in total. The highest BCUT2D eigenvalue weighted by Crippen LogP contribution is 2.51. The van der Waals surface area contributed by atoms with E-state index < -0.39 is 40.4 Å². The summed E-state index contributed by atoms with van der Waals surface area (Å²) >= 11 is 0. The number of aliphatic hydroxyl groups excluding tert-OH is 1. The lowest BCUT2D eigenvalue weighted by Gasteiger charge is -2.28. The highest BCUT2D eigenvalue weighted by molar-refractivity contribution is 6.47. The van der Waals surface area contributed by atoms with Gasteiger partial charge in [0.15, 0.2) is 23.1 Å². The van der Waals surface area contributed by atoms with Crippen LogP contribution in [0.25, 0.3) is 0 Å². The number of aliphatic hydroxyl groups is 1. The molecule has 0 aliphatic heterocycles. The molecule has 0 radical (unpaired) electrons. The Hall–Kier alpha value is -2.30. The number of hydrogen-bond donors (Lipinski definition) is 1. The van der Waals surface area contributed by atoms with Gasteiger partial charge in [0.1, 0.15) is 5.76 Å². The van der Waals surface area contributed by atoms with Crippen molar-refractivity contribution in [2.75, 3.05) is 0 Å². The fourth-order valence-corrected chi connectivity index (χ4v) is 4.24. The summed E-state index contributed by atoms with van der Waals surface area (Å²) < 4.78 is 0. The van der Waals surface area contributed by atoms with Gasteiger partial charge in [-0.1, -0.05) is 25.0 Å². The topological polar surface area (TPSA) is 88.5 Å². The van der Waals surface area contributed by atoms with Crippen LogP contribution in [0.2, 0.25) is 0 Å². The molecule has 2 unspecified atom stereocenters. The molecule has 0 amide bonds. The largest absolute Gasteiger partial charge is 0.512 e. The summed E-state index contributed by atoms with van der Waals surface area (Å²) in [4.78, 5) is 50.8. The first kappa shape index (κ1) is 13.4. The van der Waals surface area contributed by atoms with Crippen molar-refractivity contribution in [3.63, 3.8) is 0 Å². The van der Waals surface area contributed by atoms with Gasteiger partial charge in [-0.15, -0.1) is 0 Å². The first-order valence-corrected chi connectivity index (χ1v) is 7.49. The molecule has 2 atom stereocenters. The molecule has 4 aliphatic rings. The third-order valence-electron chi connectivity index (χ3n) is 5.37. The summed E-state index contributed by atoms with van der Waals surface area (Å²) in [5.74, 6) is -4.19. The number of allylic oxidation sites excluding steroid dienone is 6. The number of Topliss-reactive ketones (excluding diaryl/α,β-unsaturated/α-hetero) is 4. The van der Waals surface area contributed by atoms with E-state index in [1.165, 1.54) is 18.2 Å². The lowest BCUT2D eigenvalue weighted by Crippen LogP contribution is -2.39. The highest BCUT2D eigenvalue weighted by atomic mass is 16.3. The molecular formula is C17H14O5. The van der Waals surface area contributed by atoms with Crippen LogP contribution in [0.3, 0.4) is 0 Å². The SMILES string of the molecule is O=C1C2=C(C(=O)C3C(O)=CC=CC13)C(=O)C1(CCCC1)C2=O. The van der Waals surface area contributed by atoms with Crippen LogP contribution in [0.1, 0.15) is 25.7 Å². The van der Waals surface area contributed by atoms with Gasteiger partial charge in [-0.2, -0.15) is 0 Å². The molecule has 0 aromatic heterocycles. The van der Waals surface area contributed by atoms with Crippen molar-refractivity contribution < 1.29 is 24.3 Å². The van der Waals surface area contributed by atoms with Crippen molar-refractivity contribution in [3.05, 3.63) is 35.1 Å². The van der Waals surface area contributed by atoms with Crippen molar-refractivity contribution in [1.82, 2.24) is 0 Å². The van der Waals surface area contributed by atoms with E-state index in [4.69, 9.17) is 0 Å². The Morgan fingerprint density at radius 2 is 1.55 bits per heavy atom. The smallest absolute Gasteiger partial charge is 0.181 e. The standard InChI is InChI=1S/C17H14O5/c18-9-5-3-4-8-10(9)14(20)12-11(13(8)19)15(21)17(16(12)22)6-1-2-7-17/h3-5,8,10,18H,1-2,6-7H2. The Bertz CT molecular complexity index is 743. The number of fused-ring (bicyclic) bond motifs is 1. The molecule has 4 aliphatic carbocycles. The maximum atomic E-state index is 12.7. The summed E-state index contributed by atoms with van der Waals surface area (Å²) in [6.07, 6.45) is 6.68. The Morgan fingerprint density at radius 1 is 0.955 bits per heavy atom. The molecule has 5 heteroatoms. The van der Waals surface area contributed by atoms with Gasteiger partial charge in [0, 0.05) is 0 Å². The molecule has 1 N–H and O–H groups in total. The molecular weight excluding hydrogens is 284 g/mol. The van der Waals surface area contributed by atoms with E-state index in [2.05, 4.69) is 0 Å². The minimum absolute atomic E-state index is 0.211. The average molecular weight is 298 g/mol. The summed E-state index contributed by atoms with van der Waals surface area (Å²) in [6, 6.07) is 0. The quantitative estimate of drug-likeness (QED) is 0.539. The van der Waals surface area contributed by atoms with Crippen LogP contribution >= 0.6 is 0 Å². The van der Waals surface area contributed by atoms with Crippen molar-refractivity contribution in [2.24, 2.45) is 17.3 Å². The first-order chi connectivity index (χ1) is 10.5. The first-order valence-electron chi connectivity index (χ1n) is 7.49. The van der Waals surface area contributed by atoms with E-state index in [1.54, 1.807) is 0 Å². The third kappa shape index (κ3) is 1.34. The van der Waals surface area contributed by atoms with E-state index in [1.807, 2.05) is 0 Å². The second kappa shape index (κ2) is 4.12. The molecule has 0 heterocycles. The molecule has 112 valence electrons. The summed E-state index contributed by atoms with van der Waals surface area (Å²) in [6.45, 7) is 0. The molecule has 22 heavy (non-hydrogen) atoms. The zero-order chi connectivity index (χ0) is 15.6. The predicted molar refractivity (Wildman–Crippen MR) is 74.8 cm³/mol. The Balaban J connectivity index is 1.90. The highest BCUT2D eigenvalue weighted by Gasteiger charge is 2.62. The third-order valence-corrected chi connectivity index (χ3v) is 5.37. The Morgan fingerprint density at radius 3 is 2.18 bits per heavy atom. The normalized spacial score (nSPS) is 32.6. The van der Waals surface area contributed by atoms with Gasteiger partial charge >= 0.3 is 0 Å². The number of carbonyl (C=O) groups is 4. The van der Waals surface area contributed by atoms with Crippen LogP contribution in [-0.4, -0.2) is 28.2 Å². The molecule has 0 bridgehead atoms.